The first-order valence-corrected chi connectivity index (χ1v) is 11.4. The van der Waals surface area contributed by atoms with Crippen LogP contribution in [0.1, 0.15) is 58.8 Å². The number of carbonyl (C=O) groups is 3. The number of alkyl carbamates (subject to hydrolysis) is 1. The van der Waals surface area contributed by atoms with E-state index in [0.717, 1.165) is 33.3 Å². The molecule has 1 unspecified atom stereocenters. The zero-order valence-corrected chi connectivity index (χ0v) is 21.6. The van der Waals surface area contributed by atoms with Crippen LogP contribution in [0.3, 0.4) is 0 Å². The number of carboxylic acid groups (broad SMARTS) is 1. The summed E-state index contributed by atoms with van der Waals surface area (Å²) in [6.45, 7) is 7.69. The van der Waals surface area contributed by atoms with E-state index in [2.05, 4.69) is 10.6 Å². The fraction of sp³-hybridized carbons (Fsp3) is 0.346. The fourth-order valence-electron chi connectivity index (χ4n) is 3.36. The van der Waals surface area contributed by atoms with Gasteiger partial charge in [0, 0.05) is 30.5 Å². The van der Waals surface area contributed by atoms with Crippen molar-refractivity contribution in [1.29, 1.82) is 0 Å². The largest absolute Gasteiger partial charge is 0.478 e. The van der Waals surface area contributed by atoms with E-state index >= 15 is 0 Å². The number of aryl methyl sites for hydroxylation is 2. The minimum atomic E-state index is -0.963. The molecule has 0 saturated heterocycles. The molecule has 3 rings (SSSR count). The molecule has 9 heteroatoms. The molecule has 0 fully saturated rings. The molecule has 3 aromatic rings. The smallest absolute Gasteiger partial charge is 0.407 e. The first-order chi connectivity index (χ1) is 16.4. The Morgan fingerprint density at radius 1 is 1.17 bits per heavy atom. The number of aromatic carboxylic acids is 1. The molecule has 1 heterocycles. The molecule has 0 bridgehead atoms. The summed E-state index contributed by atoms with van der Waals surface area (Å²) in [5.41, 5.74) is 3.24. The number of benzene rings is 2. The number of nitrogens with one attached hydrogen (secondary N) is 2. The minimum Gasteiger partial charge on any atom is -0.478 e. The third-order valence-corrected chi connectivity index (χ3v) is 5.77. The standard InChI is InChI=1S/C15H22N2O4.C11H10ClNO/c1-15(2,3)21-14(20)17-9-12(16-4)10-5-7-11(8-6-10)13(18)19;1-7-3-4-10-9(11(7)12)5-8(6-14)13(10)2/h5-8,12,16H,9H2,1-4H3,(H,17,20)(H,18,19);3-6H,1-2H3. The highest BCUT2D eigenvalue weighted by atomic mass is 35.5. The number of amides is 1. The third-order valence-electron chi connectivity index (χ3n) is 5.27. The van der Waals surface area contributed by atoms with Crippen molar-refractivity contribution in [1.82, 2.24) is 15.2 Å². The number of carboxylic acids is 1. The molecular formula is C26H32ClN3O5. The average Bonchev–Trinajstić information content (AvgIpc) is 3.12. The summed E-state index contributed by atoms with van der Waals surface area (Å²) >= 11 is 6.14. The lowest BCUT2D eigenvalue weighted by molar-refractivity contribution is 0.0522. The molecule has 1 amide bonds. The number of ether oxygens (including phenoxy) is 1. The van der Waals surface area contributed by atoms with Crippen LogP contribution in [0.25, 0.3) is 10.9 Å². The molecule has 3 N–H and O–H groups in total. The van der Waals surface area contributed by atoms with E-state index in [-0.39, 0.29) is 11.6 Å². The number of aldehydes is 1. The van der Waals surface area contributed by atoms with Gasteiger partial charge in [0.2, 0.25) is 0 Å². The number of carbonyl (C=O) groups excluding carboxylic acids is 2. The number of halogens is 1. The van der Waals surface area contributed by atoms with E-state index in [9.17, 15) is 14.4 Å². The van der Waals surface area contributed by atoms with Crippen LogP contribution in [-0.2, 0) is 11.8 Å². The molecular weight excluding hydrogens is 470 g/mol. The van der Waals surface area contributed by atoms with Gasteiger partial charge in [0.15, 0.2) is 6.29 Å². The lowest BCUT2D eigenvalue weighted by Crippen LogP contribution is -2.37. The van der Waals surface area contributed by atoms with Crippen molar-refractivity contribution in [3.63, 3.8) is 0 Å². The fourth-order valence-corrected chi connectivity index (χ4v) is 3.58. The first-order valence-electron chi connectivity index (χ1n) is 11.0. The second kappa shape index (κ2) is 11.9. The van der Waals surface area contributed by atoms with Crippen LogP contribution < -0.4 is 10.6 Å². The van der Waals surface area contributed by atoms with Crippen LogP contribution in [0.5, 0.6) is 0 Å². The molecule has 2 aromatic carbocycles. The second-order valence-corrected chi connectivity index (χ2v) is 9.40. The van der Waals surface area contributed by atoms with Crippen molar-refractivity contribution in [2.45, 2.75) is 39.3 Å². The van der Waals surface area contributed by atoms with Gasteiger partial charge in [-0.05, 0) is 70.1 Å². The van der Waals surface area contributed by atoms with Gasteiger partial charge in [0.25, 0.3) is 0 Å². The molecule has 0 aliphatic rings. The Labute approximate surface area is 210 Å². The Morgan fingerprint density at radius 2 is 1.80 bits per heavy atom. The summed E-state index contributed by atoms with van der Waals surface area (Å²) in [5, 5.41) is 16.3. The quantitative estimate of drug-likeness (QED) is 0.404. The predicted octanol–water partition coefficient (Wildman–Crippen LogP) is 5.12. The zero-order valence-electron chi connectivity index (χ0n) is 20.8. The van der Waals surface area contributed by atoms with Crippen LogP contribution in [0.15, 0.2) is 42.5 Å². The van der Waals surface area contributed by atoms with E-state index in [1.54, 1.807) is 40.0 Å². The van der Waals surface area contributed by atoms with Gasteiger partial charge in [-0.2, -0.15) is 0 Å². The van der Waals surface area contributed by atoms with Gasteiger partial charge < -0.3 is 25.0 Å². The number of nitrogens with zero attached hydrogens (tertiary/aromatic N) is 1. The molecule has 1 aromatic heterocycles. The van der Waals surface area contributed by atoms with Gasteiger partial charge in [0.05, 0.1) is 16.3 Å². The van der Waals surface area contributed by atoms with Crippen LogP contribution >= 0.6 is 11.6 Å². The van der Waals surface area contributed by atoms with E-state index < -0.39 is 17.7 Å². The summed E-state index contributed by atoms with van der Waals surface area (Å²) < 4.78 is 7.00. The molecule has 188 valence electrons. The van der Waals surface area contributed by atoms with Crippen molar-refractivity contribution in [2.24, 2.45) is 7.05 Å². The van der Waals surface area contributed by atoms with Crippen molar-refractivity contribution in [2.75, 3.05) is 13.6 Å². The Morgan fingerprint density at radius 3 is 2.31 bits per heavy atom. The highest BCUT2D eigenvalue weighted by Crippen LogP contribution is 2.28. The summed E-state index contributed by atoms with van der Waals surface area (Å²) in [6.07, 6.45) is 0.357. The van der Waals surface area contributed by atoms with E-state index in [1.165, 1.54) is 12.1 Å². The summed E-state index contributed by atoms with van der Waals surface area (Å²) in [4.78, 5) is 33.2. The molecule has 0 aliphatic heterocycles. The van der Waals surface area contributed by atoms with Gasteiger partial charge in [-0.25, -0.2) is 9.59 Å². The first kappa shape index (κ1) is 27.9. The van der Waals surface area contributed by atoms with Crippen LogP contribution in [0, 0.1) is 6.92 Å². The van der Waals surface area contributed by atoms with Crippen LogP contribution in [0.2, 0.25) is 5.02 Å². The summed E-state index contributed by atoms with van der Waals surface area (Å²) in [5.74, 6) is -0.963. The average molecular weight is 502 g/mol. The maximum atomic E-state index is 11.6. The van der Waals surface area contributed by atoms with Gasteiger partial charge in [-0.3, -0.25) is 4.79 Å². The monoisotopic (exact) mass is 501 g/mol. The van der Waals surface area contributed by atoms with Gasteiger partial charge in [-0.1, -0.05) is 29.8 Å². The third kappa shape index (κ3) is 7.56. The maximum Gasteiger partial charge on any atom is 0.407 e. The lowest BCUT2D eigenvalue weighted by Gasteiger charge is -2.22. The lowest BCUT2D eigenvalue weighted by atomic mass is 10.0. The van der Waals surface area contributed by atoms with E-state index in [1.807, 2.05) is 36.7 Å². The highest BCUT2D eigenvalue weighted by Gasteiger charge is 2.18. The number of rotatable bonds is 6. The highest BCUT2D eigenvalue weighted by molar-refractivity contribution is 6.36. The summed E-state index contributed by atoms with van der Waals surface area (Å²) in [7, 11) is 3.63. The maximum absolute atomic E-state index is 11.6. The Hall–Kier alpha value is -3.36. The Bertz CT molecular complexity index is 1200. The molecule has 1 atom stereocenters. The number of fused-ring (bicyclic) bond motifs is 1. The number of aromatic nitrogens is 1. The number of hydrogen-bond acceptors (Lipinski definition) is 5. The zero-order chi connectivity index (χ0) is 26.3. The van der Waals surface area contributed by atoms with Gasteiger partial charge in [0.1, 0.15) is 5.60 Å². The molecule has 0 radical (unpaired) electrons. The van der Waals surface area contributed by atoms with Crippen molar-refractivity contribution in [3.05, 3.63) is 69.9 Å². The SMILES string of the molecule is CNC(CNC(=O)OC(C)(C)C)c1ccc(C(=O)O)cc1.Cc1ccc2c(cc(C=O)n2C)c1Cl. The van der Waals surface area contributed by atoms with Crippen molar-refractivity contribution in [3.8, 4) is 0 Å². The molecule has 0 saturated carbocycles. The topological polar surface area (TPSA) is 110 Å². The van der Waals surface area contributed by atoms with Crippen LogP contribution in [0.4, 0.5) is 4.79 Å². The second-order valence-electron chi connectivity index (χ2n) is 9.03. The van der Waals surface area contributed by atoms with Crippen LogP contribution in [-0.4, -0.2) is 47.2 Å². The molecule has 0 spiro atoms. The van der Waals surface area contributed by atoms with Crippen molar-refractivity contribution < 1.29 is 24.2 Å². The molecule has 0 aliphatic carbocycles. The number of likely N-dealkylation sites (N-methyl/N-ethyl adjacent to an activating group) is 1. The Kier molecular flexibility index (Phi) is 9.45. The van der Waals surface area contributed by atoms with Gasteiger partial charge >= 0.3 is 12.1 Å². The number of hydrogen-bond donors (Lipinski definition) is 3. The predicted molar refractivity (Wildman–Crippen MR) is 137 cm³/mol. The van der Waals surface area contributed by atoms with Crippen molar-refractivity contribution >= 4 is 40.9 Å². The van der Waals surface area contributed by atoms with Gasteiger partial charge in [-0.15, -0.1) is 0 Å². The normalized spacial score (nSPS) is 11.9. The molecule has 8 nitrogen and oxygen atoms in total. The minimum absolute atomic E-state index is 0.125. The van der Waals surface area contributed by atoms with E-state index in [0.29, 0.717) is 12.2 Å². The van der Waals surface area contributed by atoms with E-state index in [4.69, 9.17) is 21.4 Å². The molecule has 35 heavy (non-hydrogen) atoms. The summed E-state index contributed by atoms with van der Waals surface area (Å²) in [6, 6.07) is 12.1. The Balaban J connectivity index is 0.000000266.